The Balaban J connectivity index is 2.29. The molecule has 80 valence electrons. The molecule has 0 aromatic heterocycles. The average Bonchev–Trinajstić information content (AvgIpc) is 2.64. The lowest BCUT2D eigenvalue weighted by Crippen LogP contribution is -2.23. The van der Waals surface area contributed by atoms with Crippen molar-refractivity contribution in [2.45, 2.75) is 26.3 Å². The van der Waals surface area contributed by atoms with Gasteiger partial charge in [-0.1, -0.05) is 6.07 Å². The van der Waals surface area contributed by atoms with Gasteiger partial charge in [-0.15, -0.1) is 0 Å². The van der Waals surface area contributed by atoms with Crippen LogP contribution < -0.4 is 10.6 Å². The minimum atomic E-state index is 0.231. The zero-order valence-electron chi connectivity index (χ0n) is 8.99. The molecule has 2 rings (SSSR count). The fourth-order valence-corrected chi connectivity index (χ4v) is 2.00. The molecule has 0 spiro atoms. The number of hydrogen-bond acceptors (Lipinski definition) is 2. The van der Waals surface area contributed by atoms with Crippen LogP contribution in [-0.2, 0) is 11.3 Å². The van der Waals surface area contributed by atoms with E-state index in [0.29, 0.717) is 13.0 Å². The molecule has 2 N–H and O–H groups in total. The maximum Gasteiger partial charge on any atom is 0.227 e. The van der Waals surface area contributed by atoms with Crippen LogP contribution in [0.1, 0.15) is 24.0 Å². The predicted molar refractivity (Wildman–Crippen MR) is 60.7 cm³/mol. The number of hydrogen-bond donors (Lipinski definition) is 1. The fraction of sp³-hybridized carbons (Fsp3) is 0.417. The second-order valence-corrected chi connectivity index (χ2v) is 3.96. The first-order valence-electron chi connectivity index (χ1n) is 5.32. The van der Waals surface area contributed by atoms with Gasteiger partial charge in [-0.25, -0.2) is 0 Å². The van der Waals surface area contributed by atoms with E-state index in [1.807, 2.05) is 30.0 Å². The predicted octanol–water partition coefficient (Wildman–Crippen LogP) is 1.58. The van der Waals surface area contributed by atoms with E-state index in [1.54, 1.807) is 0 Å². The molecule has 0 unspecified atom stereocenters. The van der Waals surface area contributed by atoms with E-state index in [2.05, 4.69) is 0 Å². The number of carbonyl (C=O) groups excluding carboxylic acids is 1. The second kappa shape index (κ2) is 4.03. The number of amides is 1. The summed E-state index contributed by atoms with van der Waals surface area (Å²) in [6, 6.07) is 6.04. The topological polar surface area (TPSA) is 46.3 Å². The highest BCUT2D eigenvalue weighted by atomic mass is 16.2. The van der Waals surface area contributed by atoms with E-state index >= 15 is 0 Å². The number of nitrogens with two attached hydrogens (primary N) is 1. The van der Waals surface area contributed by atoms with Crippen LogP contribution in [0.2, 0.25) is 0 Å². The van der Waals surface area contributed by atoms with Crippen LogP contribution in [0.3, 0.4) is 0 Å². The molecule has 0 saturated carbocycles. The minimum Gasteiger partial charge on any atom is -0.326 e. The third kappa shape index (κ3) is 1.88. The molecule has 0 bridgehead atoms. The summed E-state index contributed by atoms with van der Waals surface area (Å²) in [7, 11) is 0. The van der Waals surface area contributed by atoms with Crippen molar-refractivity contribution in [1.82, 2.24) is 0 Å². The van der Waals surface area contributed by atoms with Crippen molar-refractivity contribution in [3.63, 3.8) is 0 Å². The third-order valence-corrected chi connectivity index (χ3v) is 2.93. The summed E-state index contributed by atoms with van der Waals surface area (Å²) >= 11 is 0. The van der Waals surface area contributed by atoms with Crippen molar-refractivity contribution in [2.75, 3.05) is 11.4 Å². The highest BCUT2D eigenvalue weighted by Gasteiger charge is 2.21. The molecule has 0 aliphatic carbocycles. The van der Waals surface area contributed by atoms with E-state index < -0.39 is 0 Å². The summed E-state index contributed by atoms with van der Waals surface area (Å²) in [5.41, 5.74) is 8.91. The quantitative estimate of drug-likeness (QED) is 0.795. The van der Waals surface area contributed by atoms with Gasteiger partial charge in [0.05, 0.1) is 0 Å². The van der Waals surface area contributed by atoms with Gasteiger partial charge in [0.1, 0.15) is 0 Å². The monoisotopic (exact) mass is 204 g/mol. The van der Waals surface area contributed by atoms with E-state index in [-0.39, 0.29) is 5.91 Å². The number of carbonyl (C=O) groups is 1. The van der Waals surface area contributed by atoms with Gasteiger partial charge >= 0.3 is 0 Å². The maximum atomic E-state index is 11.5. The summed E-state index contributed by atoms with van der Waals surface area (Å²) < 4.78 is 0. The van der Waals surface area contributed by atoms with Crippen molar-refractivity contribution in [3.8, 4) is 0 Å². The van der Waals surface area contributed by atoms with Crippen LogP contribution in [0.4, 0.5) is 5.69 Å². The molecule has 1 aromatic rings. The molecule has 0 radical (unpaired) electrons. The average molecular weight is 204 g/mol. The molecule has 1 aromatic carbocycles. The largest absolute Gasteiger partial charge is 0.326 e. The Hall–Kier alpha value is -1.35. The lowest BCUT2D eigenvalue weighted by atomic mass is 10.1. The first kappa shape index (κ1) is 10.2. The van der Waals surface area contributed by atoms with Gasteiger partial charge in [-0.3, -0.25) is 4.79 Å². The van der Waals surface area contributed by atoms with Crippen LogP contribution in [0.15, 0.2) is 18.2 Å². The molecule has 0 atom stereocenters. The zero-order valence-corrected chi connectivity index (χ0v) is 8.99. The number of benzene rings is 1. The van der Waals surface area contributed by atoms with Crippen molar-refractivity contribution < 1.29 is 4.79 Å². The lowest BCUT2D eigenvalue weighted by molar-refractivity contribution is -0.117. The first-order valence-corrected chi connectivity index (χ1v) is 5.32. The van der Waals surface area contributed by atoms with E-state index in [0.717, 1.165) is 29.8 Å². The normalized spacial score (nSPS) is 16.1. The highest BCUT2D eigenvalue weighted by Crippen LogP contribution is 2.23. The molecular formula is C12H16N2O. The van der Waals surface area contributed by atoms with Crippen LogP contribution >= 0.6 is 0 Å². The Morgan fingerprint density at radius 1 is 1.47 bits per heavy atom. The van der Waals surface area contributed by atoms with E-state index in [4.69, 9.17) is 5.73 Å². The Kier molecular flexibility index (Phi) is 2.73. The Morgan fingerprint density at radius 3 is 2.80 bits per heavy atom. The third-order valence-electron chi connectivity index (χ3n) is 2.93. The van der Waals surface area contributed by atoms with Gasteiger partial charge in [0.15, 0.2) is 0 Å². The standard InChI is InChI=1S/C12H16N2O/c1-9-7-11(5-4-10(9)8-13)14-6-2-3-12(14)15/h4-5,7H,2-3,6,8,13H2,1H3. The van der Waals surface area contributed by atoms with Crippen molar-refractivity contribution in [1.29, 1.82) is 0 Å². The molecular weight excluding hydrogens is 188 g/mol. The smallest absolute Gasteiger partial charge is 0.227 e. The molecule has 3 heteroatoms. The van der Waals surface area contributed by atoms with Crippen LogP contribution in [0, 0.1) is 6.92 Å². The second-order valence-electron chi connectivity index (χ2n) is 3.96. The Labute approximate surface area is 89.9 Å². The van der Waals surface area contributed by atoms with Crippen molar-refractivity contribution >= 4 is 11.6 Å². The van der Waals surface area contributed by atoms with Crippen LogP contribution in [0.25, 0.3) is 0 Å². The summed E-state index contributed by atoms with van der Waals surface area (Å²) in [6.45, 7) is 3.44. The first-order chi connectivity index (χ1) is 7.22. The molecule has 1 heterocycles. The van der Waals surface area contributed by atoms with Gasteiger partial charge in [0.25, 0.3) is 0 Å². The maximum absolute atomic E-state index is 11.5. The Morgan fingerprint density at radius 2 is 2.27 bits per heavy atom. The molecule has 3 nitrogen and oxygen atoms in total. The van der Waals surface area contributed by atoms with Gasteiger partial charge in [-0.05, 0) is 36.6 Å². The Bertz CT molecular complexity index is 387. The number of anilines is 1. The fourth-order valence-electron chi connectivity index (χ4n) is 2.00. The SMILES string of the molecule is Cc1cc(N2CCCC2=O)ccc1CN. The van der Waals surface area contributed by atoms with Crippen LogP contribution in [-0.4, -0.2) is 12.5 Å². The van der Waals surface area contributed by atoms with Crippen molar-refractivity contribution in [2.24, 2.45) is 5.73 Å². The molecule has 15 heavy (non-hydrogen) atoms. The van der Waals surface area contributed by atoms with Crippen LogP contribution in [0.5, 0.6) is 0 Å². The highest BCUT2D eigenvalue weighted by molar-refractivity contribution is 5.95. The van der Waals surface area contributed by atoms with Gasteiger partial charge in [-0.2, -0.15) is 0 Å². The number of aryl methyl sites for hydroxylation is 1. The molecule has 1 fully saturated rings. The molecule has 1 aliphatic rings. The number of rotatable bonds is 2. The van der Waals surface area contributed by atoms with Gasteiger partial charge in [0.2, 0.25) is 5.91 Å². The van der Waals surface area contributed by atoms with Gasteiger partial charge in [0, 0.05) is 25.2 Å². The summed E-state index contributed by atoms with van der Waals surface area (Å²) in [5.74, 6) is 0.231. The molecule has 1 saturated heterocycles. The lowest BCUT2D eigenvalue weighted by Gasteiger charge is -2.17. The summed E-state index contributed by atoms with van der Waals surface area (Å²) in [4.78, 5) is 13.4. The van der Waals surface area contributed by atoms with E-state index in [1.165, 1.54) is 0 Å². The summed E-state index contributed by atoms with van der Waals surface area (Å²) in [5, 5.41) is 0. The molecule has 1 aliphatic heterocycles. The zero-order chi connectivity index (χ0) is 10.8. The minimum absolute atomic E-state index is 0.231. The molecule has 1 amide bonds. The van der Waals surface area contributed by atoms with Crippen molar-refractivity contribution in [3.05, 3.63) is 29.3 Å². The summed E-state index contributed by atoms with van der Waals surface area (Å²) in [6.07, 6.45) is 1.65. The number of nitrogens with zero attached hydrogens (tertiary/aromatic N) is 1. The van der Waals surface area contributed by atoms with E-state index in [9.17, 15) is 4.79 Å². The van der Waals surface area contributed by atoms with Gasteiger partial charge < -0.3 is 10.6 Å².